The van der Waals surface area contributed by atoms with Gasteiger partial charge in [-0.1, -0.05) is 59.6 Å². The fraction of sp³-hybridized carbons (Fsp3) is 0.462. The Labute approximate surface area is 200 Å². The van der Waals surface area contributed by atoms with Crippen molar-refractivity contribution >= 4 is 27.7 Å². The smallest absolute Gasteiger partial charge is 0.261 e. The monoisotopic (exact) mass is 502 g/mol. The zero-order valence-electron chi connectivity index (χ0n) is 20.0. The highest BCUT2D eigenvalue weighted by molar-refractivity contribution is 9.10. The lowest BCUT2D eigenvalue weighted by molar-refractivity contribution is -0.143. The Morgan fingerprint density at radius 1 is 1.03 bits per heavy atom. The van der Waals surface area contributed by atoms with Gasteiger partial charge in [-0.25, -0.2) is 0 Å². The highest BCUT2D eigenvalue weighted by atomic mass is 79.9. The molecule has 0 unspecified atom stereocenters. The van der Waals surface area contributed by atoms with Crippen LogP contribution in [0.5, 0.6) is 5.75 Å². The van der Waals surface area contributed by atoms with E-state index in [1.807, 2.05) is 77.9 Å². The van der Waals surface area contributed by atoms with Crippen LogP contribution in [0.25, 0.3) is 0 Å². The average Bonchev–Trinajstić information content (AvgIpc) is 2.76. The van der Waals surface area contributed by atoms with Crippen LogP contribution in [0, 0.1) is 20.8 Å². The van der Waals surface area contributed by atoms with E-state index in [1.54, 1.807) is 4.90 Å². The molecule has 0 aliphatic heterocycles. The fourth-order valence-electron chi connectivity index (χ4n) is 3.47. The molecule has 2 rings (SSSR count). The molecule has 2 aromatic rings. The highest BCUT2D eigenvalue weighted by Crippen LogP contribution is 2.26. The summed E-state index contributed by atoms with van der Waals surface area (Å²) in [4.78, 5) is 27.9. The number of carbonyl (C=O) groups is 2. The molecule has 2 aromatic carbocycles. The summed E-state index contributed by atoms with van der Waals surface area (Å²) < 4.78 is 6.89. The molecule has 174 valence electrons. The lowest BCUT2D eigenvalue weighted by atomic mass is 10.1. The molecule has 0 aromatic heterocycles. The molecule has 0 aliphatic rings. The van der Waals surface area contributed by atoms with Crippen LogP contribution >= 0.6 is 15.9 Å². The fourth-order valence-corrected chi connectivity index (χ4v) is 3.70. The lowest BCUT2D eigenvalue weighted by Crippen LogP contribution is -2.51. The Balaban J connectivity index is 2.24. The topological polar surface area (TPSA) is 58.6 Å². The molecule has 0 heterocycles. The van der Waals surface area contributed by atoms with Gasteiger partial charge >= 0.3 is 0 Å². The maximum absolute atomic E-state index is 13.3. The van der Waals surface area contributed by atoms with Gasteiger partial charge in [-0.15, -0.1) is 0 Å². The average molecular weight is 503 g/mol. The highest BCUT2D eigenvalue weighted by Gasteiger charge is 2.29. The molecule has 0 saturated carbocycles. The summed E-state index contributed by atoms with van der Waals surface area (Å²) in [7, 11) is 0. The van der Waals surface area contributed by atoms with E-state index in [-0.39, 0.29) is 24.5 Å². The molecule has 2 atom stereocenters. The molecular weight excluding hydrogens is 468 g/mol. The summed E-state index contributed by atoms with van der Waals surface area (Å²) in [5.74, 6) is 0.302. The zero-order valence-corrected chi connectivity index (χ0v) is 21.6. The normalized spacial score (nSPS) is 12.7. The van der Waals surface area contributed by atoms with E-state index in [0.717, 1.165) is 33.1 Å². The third-order valence-electron chi connectivity index (χ3n) is 5.63. The second-order valence-electron chi connectivity index (χ2n) is 8.41. The number of nitrogens with one attached hydrogen (secondary N) is 1. The van der Waals surface area contributed by atoms with E-state index in [4.69, 9.17) is 4.74 Å². The number of rotatable bonds is 10. The van der Waals surface area contributed by atoms with Gasteiger partial charge in [0.2, 0.25) is 5.91 Å². The first kappa shape index (κ1) is 25.9. The Hall–Kier alpha value is -2.34. The Kier molecular flexibility index (Phi) is 9.76. The second-order valence-corrected chi connectivity index (χ2v) is 9.20. The van der Waals surface area contributed by atoms with E-state index in [1.165, 1.54) is 0 Å². The van der Waals surface area contributed by atoms with Crippen LogP contribution in [-0.2, 0) is 16.1 Å². The van der Waals surface area contributed by atoms with E-state index in [2.05, 4.69) is 21.2 Å². The third kappa shape index (κ3) is 7.09. The van der Waals surface area contributed by atoms with Gasteiger partial charge < -0.3 is 15.0 Å². The van der Waals surface area contributed by atoms with Gasteiger partial charge in [-0.2, -0.15) is 0 Å². The molecular formula is C26H35BrN2O3. The SMILES string of the molecule is CC[C@H](C)NC(=O)[C@H](CC)N(Cc1ccc(C)cc1)C(=O)COc1cc(C)c(Br)c(C)c1. The number of carbonyl (C=O) groups excluding carboxylic acids is 2. The van der Waals surface area contributed by atoms with Crippen LogP contribution in [0.15, 0.2) is 40.9 Å². The number of benzene rings is 2. The van der Waals surface area contributed by atoms with Crippen LogP contribution in [-0.4, -0.2) is 35.4 Å². The zero-order chi connectivity index (χ0) is 23.8. The molecule has 2 amide bonds. The van der Waals surface area contributed by atoms with Gasteiger partial charge in [0.25, 0.3) is 5.91 Å². The van der Waals surface area contributed by atoms with Gasteiger partial charge in [0.1, 0.15) is 11.8 Å². The molecule has 32 heavy (non-hydrogen) atoms. The first-order valence-corrected chi connectivity index (χ1v) is 12.0. The summed E-state index contributed by atoms with van der Waals surface area (Å²) >= 11 is 3.55. The number of halogens is 1. The Bertz CT molecular complexity index is 904. The molecule has 0 saturated heterocycles. The predicted octanol–water partition coefficient (Wildman–Crippen LogP) is 5.48. The van der Waals surface area contributed by atoms with E-state index >= 15 is 0 Å². The number of ether oxygens (including phenoxy) is 1. The number of amides is 2. The number of hydrogen-bond donors (Lipinski definition) is 1. The van der Waals surface area contributed by atoms with Crippen molar-refractivity contribution < 1.29 is 14.3 Å². The third-order valence-corrected chi connectivity index (χ3v) is 6.88. The number of hydrogen-bond acceptors (Lipinski definition) is 3. The number of nitrogens with zero attached hydrogens (tertiary/aromatic N) is 1. The van der Waals surface area contributed by atoms with Crippen LogP contribution in [0.1, 0.15) is 55.9 Å². The molecule has 5 nitrogen and oxygen atoms in total. The van der Waals surface area contributed by atoms with Crippen molar-refractivity contribution in [3.8, 4) is 5.75 Å². The molecule has 0 radical (unpaired) electrons. The largest absolute Gasteiger partial charge is 0.484 e. The van der Waals surface area contributed by atoms with Gasteiger partial charge in [0.15, 0.2) is 6.61 Å². The molecule has 1 N–H and O–H groups in total. The van der Waals surface area contributed by atoms with Crippen molar-refractivity contribution in [3.63, 3.8) is 0 Å². The van der Waals surface area contributed by atoms with Crippen LogP contribution in [0.4, 0.5) is 0 Å². The molecule has 6 heteroatoms. The minimum Gasteiger partial charge on any atom is -0.484 e. The molecule has 0 fully saturated rings. The maximum Gasteiger partial charge on any atom is 0.261 e. The van der Waals surface area contributed by atoms with Gasteiger partial charge in [0.05, 0.1) is 0 Å². The van der Waals surface area contributed by atoms with Crippen molar-refractivity contribution in [2.24, 2.45) is 0 Å². The minimum absolute atomic E-state index is 0.0536. The van der Waals surface area contributed by atoms with Gasteiger partial charge in [0, 0.05) is 17.1 Å². The van der Waals surface area contributed by atoms with Crippen molar-refractivity contribution in [2.45, 2.75) is 73.0 Å². The first-order chi connectivity index (χ1) is 15.2. The predicted molar refractivity (Wildman–Crippen MR) is 133 cm³/mol. The minimum atomic E-state index is -0.560. The van der Waals surface area contributed by atoms with Crippen molar-refractivity contribution in [1.29, 1.82) is 0 Å². The Morgan fingerprint density at radius 2 is 1.62 bits per heavy atom. The first-order valence-electron chi connectivity index (χ1n) is 11.2. The number of aryl methyl sites for hydroxylation is 3. The van der Waals surface area contributed by atoms with Crippen molar-refractivity contribution in [1.82, 2.24) is 10.2 Å². The maximum atomic E-state index is 13.3. The van der Waals surface area contributed by atoms with E-state index < -0.39 is 6.04 Å². The summed E-state index contributed by atoms with van der Waals surface area (Å²) in [5, 5.41) is 3.03. The summed E-state index contributed by atoms with van der Waals surface area (Å²) in [6.07, 6.45) is 1.36. The summed E-state index contributed by atoms with van der Waals surface area (Å²) in [6.45, 7) is 12.2. The molecule has 0 aliphatic carbocycles. The van der Waals surface area contributed by atoms with Crippen molar-refractivity contribution in [2.75, 3.05) is 6.61 Å². The van der Waals surface area contributed by atoms with Gasteiger partial charge in [-0.05, 0) is 69.4 Å². The molecule has 0 spiro atoms. The summed E-state index contributed by atoms with van der Waals surface area (Å²) in [5.41, 5.74) is 4.22. The van der Waals surface area contributed by atoms with Crippen LogP contribution in [0.3, 0.4) is 0 Å². The second kappa shape index (κ2) is 12.0. The van der Waals surface area contributed by atoms with Crippen LogP contribution in [0.2, 0.25) is 0 Å². The Morgan fingerprint density at radius 3 is 2.16 bits per heavy atom. The molecule has 0 bridgehead atoms. The standard InChI is InChI=1S/C26H35BrN2O3/c1-7-20(6)28-26(31)23(8-2)29(15-21-11-9-17(3)10-12-21)24(30)16-32-22-13-18(4)25(27)19(5)14-22/h9-14,20,23H,7-8,15-16H2,1-6H3,(H,28,31)/t20-,23-/m0/s1. The van der Waals surface area contributed by atoms with Crippen molar-refractivity contribution in [3.05, 3.63) is 63.1 Å². The quantitative estimate of drug-likeness (QED) is 0.468. The van der Waals surface area contributed by atoms with Crippen LogP contribution < -0.4 is 10.1 Å². The van der Waals surface area contributed by atoms with E-state index in [0.29, 0.717) is 18.7 Å². The van der Waals surface area contributed by atoms with E-state index in [9.17, 15) is 9.59 Å². The lowest BCUT2D eigenvalue weighted by Gasteiger charge is -2.31. The summed E-state index contributed by atoms with van der Waals surface area (Å²) in [6, 6.07) is 11.3. The van der Waals surface area contributed by atoms with Gasteiger partial charge in [-0.3, -0.25) is 9.59 Å².